The number of hydrogen-bond acceptors (Lipinski definition) is 8. The summed E-state index contributed by atoms with van der Waals surface area (Å²) in [7, 11) is -3.79. The van der Waals surface area contributed by atoms with Crippen LogP contribution >= 0.6 is 23.1 Å². The quantitative estimate of drug-likeness (QED) is 0.506. The molecule has 0 unspecified atom stereocenters. The Kier molecular flexibility index (Phi) is 4.21. The third kappa shape index (κ3) is 2.68. The molecular weight excluding hydrogens is 394 g/mol. The van der Waals surface area contributed by atoms with Crippen molar-refractivity contribution in [3.05, 3.63) is 47.3 Å². The van der Waals surface area contributed by atoms with Gasteiger partial charge in [0, 0.05) is 12.3 Å². The minimum atomic E-state index is -3.79. The summed E-state index contributed by atoms with van der Waals surface area (Å²) >= 11 is 2.74. The number of benzene rings is 1. The Labute approximate surface area is 157 Å². The van der Waals surface area contributed by atoms with Gasteiger partial charge in [-0.15, -0.1) is 21.5 Å². The van der Waals surface area contributed by atoms with Gasteiger partial charge in [0.1, 0.15) is 4.90 Å². The zero-order chi connectivity index (χ0) is 18.3. The van der Waals surface area contributed by atoms with Crippen molar-refractivity contribution in [3.8, 4) is 10.7 Å². The van der Waals surface area contributed by atoms with Gasteiger partial charge in [-0.1, -0.05) is 30.0 Å². The lowest BCUT2D eigenvalue weighted by atomic mass is 10.2. The molecule has 1 amide bonds. The summed E-state index contributed by atoms with van der Waals surface area (Å²) in [4.78, 5) is 13.3. The number of hydrogen-bond donors (Lipinski definition) is 1. The summed E-state index contributed by atoms with van der Waals surface area (Å²) < 4.78 is 27.3. The number of fused-ring (bicyclic) bond motifs is 1. The SMILES string of the molecule is Nn1c(SCCN2C(=O)c3ccccc3S2(=O)=O)nnc1-c1cccs1. The van der Waals surface area contributed by atoms with Crippen LogP contribution in [0.3, 0.4) is 0 Å². The molecule has 1 aromatic carbocycles. The Morgan fingerprint density at radius 2 is 1.96 bits per heavy atom. The second-order valence-corrected chi connectivity index (χ2v) is 9.22. The number of nitrogens with zero attached hydrogens (tertiary/aromatic N) is 4. The van der Waals surface area contributed by atoms with Gasteiger partial charge in [-0.05, 0) is 23.6 Å². The van der Waals surface area contributed by atoms with Gasteiger partial charge < -0.3 is 5.84 Å². The molecule has 3 aromatic rings. The molecule has 0 atom stereocenters. The molecule has 11 heteroatoms. The minimum absolute atomic E-state index is 0.0295. The van der Waals surface area contributed by atoms with E-state index in [-0.39, 0.29) is 17.0 Å². The van der Waals surface area contributed by atoms with E-state index in [1.54, 1.807) is 12.1 Å². The maximum absolute atomic E-state index is 12.5. The highest BCUT2D eigenvalue weighted by atomic mass is 32.2. The summed E-state index contributed by atoms with van der Waals surface area (Å²) in [6, 6.07) is 9.99. The first kappa shape index (κ1) is 17.1. The number of thiophene rings is 1. The van der Waals surface area contributed by atoms with E-state index in [9.17, 15) is 13.2 Å². The smallest absolute Gasteiger partial charge is 0.269 e. The fourth-order valence-electron chi connectivity index (χ4n) is 2.62. The highest BCUT2D eigenvalue weighted by Gasteiger charge is 2.40. The molecular formula is C15H13N5O3S3. The molecule has 0 aliphatic carbocycles. The van der Waals surface area contributed by atoms with E-state index in [2.05, 4.69) is 10.2 Å². The summed E-state index contributed by atoms with van der Waals surface area (Å²) in [6.07, 6.45) is 0. The van der Waals surface area contributed by atoms with Crippen LogP contribution in [0.1, 0.15) is 10.4 Å². The number of carbonyl (C=O) groups is 1. The van der Waals surface area contributed by atoms with Gasteiger partial charge >= 0.3 is 0 Å². The Balaban J connectivity index is 1.47. The molecule has 3 heterocycles. The average Bonchev–Trinajstić information content (AvgIpc) is 3.31. The van der Waals surface area contributed by atoms with E-state index < -0.39 is 15.9 Å². The molecule has 0 radical (unpaired) electrons. The number of nitrogens with two attached hydrogens (primary N) is 1. The van der Waals surface area contributed by atoms with Crippen molar-refractivity contribution < 1.29 is 13.2 Å². The number of aromatic nitrogens is 3. The van der Waals surface area contributed by atoms with Crippen molar-refractivity contribution in [1.82, 2.24) is 19.2 Å². The average molecular weight is 408 g/mol. The lowest BCUT2D eigenvalue weighted by Gasteiger charge is -2.14. The molecule has 8 nitrogen and oxygen atoms in total. The van der Waals surface area contributed by atoms with Crippen LogP contribution in [0.4, 0.5) is 0 Å². The third-order valence-corrected chi connectivity index (χ3v) is 7.47. The fraction of sp³-hybridized carbons (Fsp3) is 0.133. The Morgan fingerprint density at radius 1 is 1.15 bits per heavy atom. The van der Waals surface area contributed by atoms with Crippen molar-refractivity contribution in [2.75, 3.05) is 18.1 Å². The van der Waals surface area contributed by atoms with Crippen molar-refractivity contribution >= 4 is 39.0 Å². The van der Waals surface area contributed by atoms with E-state index in [1.165, 1.54) is 39.9 Å². The summed E-state index contributed by atoms with van der Waals surface area (Å²) in [6.45, 7) is 0.0295. The van der Waals surface area contributed by atoms with Gasteiger partial charge in [-0.3, -0.25) is 4.79 Å². The molecule has 1 aliphatic rings. The van der Waals surface area contributed by atoms with Crippen LogP contribution in [0.25, 0.3) is 10.7 Å². The molecule has 0 spiro atoms. The van der Waals surface area contributed by atoms with Gasteiger partial charge in [0.15, 0.2) is 5.82 Å². The van der Waals surface area contributed by atoms with Crippen LogP contribution in [-0.4, -0.2) is 45.8 Å². The highest BCUT2D eigenvalue weighted by Crippen LogP contribution is 2.31. The second-order valence-electron chi connectivity index (χ2n) is 5.38. The number of nitrogen functional groups attached to an aromatic ring is 1. The first-order valence-corrected chi connectivity index (χ1v) is 10.8. The molecule has 134 valence electrons. The molecule has 26 heavy (non-hydrogen) atoms. The largest absolute Gasteiger partial charge is 0.335 e. The lowest BCUT2D eigenvalue weighted by molar-refractivity contribution is 0.0876. The Hall–Kier alpha value is -2.37. The van der Waals surface area contributed by atoms with Crippen molar-refractivity contribution in [2.24, 2.45) is 0 Å². The first-order valence-electron chi connectivity index (χ1n) is 7.53. The monoisotopic (exact) mass is 407 g/mol. The highest BCUT2D eigenvalue weighted by molar-refractivity contribution is 7.99. The van der Waals surface area contributed by atoms with Crippen LogP contribution in [0.2, 0.25) is 0 Å². The maximum atomic E-state index is 12.5. The van der Waals surface area contributed by atoms with Crippen LogP contribution in [0.15, 0.2) is 51.8 Å². The Morgan fingerprint density at radius 3 is 2.69 bits per heavy atom. The van der Waals surface area contributed by atoms with Gasteiger partial charge in [-0.2, -0.15) is 0 Å². The Bertz CT molecular complexity index is 1080. The molecule has 2 aromatic heterocycles. The third-order valence-electron chi connectivity index (χ3n) is 3.84. The molecule has 0 fully saturated rings. The van der Waals surface area contributed by atoms with Gasteiger partial charge in [-0.25, -0.2) is 17.4 Å². The predicted molar refractivity (Wildman–Crippen MR) is 98.9 cm³/mol. The molecule has 2 N–H and O–H groups in total. The molecule has 1 aliphatic heterocycles. The summed E-state index contributed by atoms with van der Waals surface area (Å²) in [5.74, 6) is 6.37. The molecule has 0 saturated heterocycles. The van der Waals surface area contributed by atoms with Crippen LogP contribution in [0, 0.1) is 0 Å². The van der Waals surface area contributed by atoms with E-state index in [4.69, 9.17) is 5.84 Å². The number of sulfonamides is 1. The van der Waals surface area contributed by atoms with Gasteiger partial charge in [0.25, 0.3) is 15.9 Å². The van der Waals surface area contributed by atoms with Crippen molar-refractivity contribution in [2.45, 2.75) is 10.1 Å². The first-order chi connectivity index (χ1) is 12.5. The van der Waals surface area contributed by atoms with E-state index in [1.807, 2.05) is 17.5 Å². The van der Waals surface area contributed by atoms with E-state index in [0.717, 1.165) is 9.18 Å². The van der Waals surface area contributed by atoms with Crippen LogP contribution in [-0.2, 0) is 10.0 Å². The molecule has 0 saturated carbocycles. The zero-order valence-electron chi connectivity index (χ0n) is 13.3. The van der Waals surface area contributed by atoms with Crippen LogP contribution < -0.4 is 5.84 Å². The standard InChI is InChI=1S/C15H13N5O3S3/c16-20-13(11-5-3-8-24-11)17-18-15(20)25-9-7-19-14(21)10-4-1-2-6-12(10)26(19,22)23/h1-6,8H,7,9,16H2. The predicted octanol–water partition coefficient (Wildman–Crippen LogP) is 1.66. The topological polar surface area (TPSA) is 111 Å². The summed E-state index contributed by atoms with van der Waals surface area (Å²) in [5, 5.41) is 10.5. The second kappa shape index (κ2) is 6.41. The minimum Gasteiger partial charge on any atom is -0.335 e. The van der Waals surface area contributed by atoms with E-state index >= 15 is 0 Å². The maximum Gasteiger partial charge on any atom is 0.269 e. The summed E-state index contributed by atoms with van der Waals surface area (Å²) in [5.41, 5.74) is 0.208. The van der Waals surface area contributed by atoms with Crippen molar-refractivity contribution in [1.29, 1.82) is 0 Å². The number of rotatable bonds is 5. The lowest BCUT2D eigenvalue weighted by Crippen LogP contribution is -2.32. The van der Waals surface area contributed by atoms with E-state index in [0.29, 0.717) is 16.7 Å². The van der Waals surface area contributed by atoms with Gasteiger partial charge in [0.05, 0.1) is 10.4 Å². The van der Waals surface area contributed by atoms with Crippen molar-refractivity contribution in [3.63, 3.8) is 0 Å². The fourth-order valence-corrected chi connectivity index (χ4v) is 5.79. The molecule has 4 rings (SSSR count). The number of amides is 1. The molecule has 0 bridgehead atoms. The van der Waals surface area contributed by atoms with Gasteiger partial charge in [0.2, 0.25) is 5.16 Å². The van der Waals surface area contributed by atoms with Crippen LogP contribution in [0.5, 0.6) is 0 Å². The normalized spacial score (nSPS) is 15.4. The zero-order valence-corrected chi connectivity index (χ0v) is 15.7. The number of carbonyl (C=O) groups excluding carboxylic acids is 1. The number of thioether (sulfide) groups is 1.